The van der Waals surface area contributed by atoms with E-state index in [9.17, 15) is 0 Å². The lowest BCUT2D eigenvalue weighted by Crippen LogP contribution is -2.45. The van der Waals surface area contributed by atoms with Crippen LogP contribution in [-0.4, -0.2) is 14.9 Å². The molecule has 2 heteroatoms. The minimum absolute atomic E-state index is 0.774. The first-order valence-corrected chi connectivity index (χ1v) is 9.94. The van der Waals surface area contributed by atoms with Crippen molar-refractivity contribution in [2.75, 3.05) is 6.61 Å². The average Bonchev–Trinajstić information content (AvgIpc) is 3.00. The highest BCUT2D eigenvalue weighted by molar-refractivity contribution is 6.84. The van der Waals surface area contributed by atoms with Crippen LogP contribution in [0.4, 0.5) is 0 Å². The first-order chi connectivity index (χ1) is 8.65. The van der Waals surface area contributed by atoms with Gasteiger partial charge in [0.05, 0.1) is 0 Å². The maximum absolute atomic E-state index is 6.36. The number of fused-ring (bicyclic) bond motifs is 2. The van der Waals surface area contributed by atoms with E-state index in [1.54, 1.807) is 0 Å². The van der Waals surface area contributed by atoms with Crippen LogP contribution in [0.5, 0.6) is 0 Å². The van der Waals surface area contributed by atoms with E-state index in [1.807, 2.05) is 0 Å². The summed E-state index contributed by atoms with van der Waals surface area (Å²) >= 11 is 0. The van der Waals surface area contributed by atoms with Gasteiger partial charge in [0.2, 0.25) is 8.32 Å². The Bertz CT molecular complexity index is 438. The van der Waals surface area contributed by atoms with Gasteiger partial charge in [0.25, 0.3) is 0 Å². The van der Waals surface area contributed by atoms with Gasteiger partial charge in [-0.25, -0.2) is 0 Å². The van der Waals surface area contributed by atoms with E-state index in [0.29, 0.717) is 0 Å². The third kappa shape index (κ3) is 2.32. The molecule has 2 bridgehead atoms. The van der Waals surface area contributed by atoms with Gasteiger partial charge in [0, 0.05) is 6.61 Å². The van der Waals surface area contributed by atoms with E-state index < -0.39 is 8.32 Å². The predicted molar refractivity (Wildman–Crippen MR) is 78.4 cm³/mol. The van der Waals surface area contributed by atoms with E-state index in [4.69, 9.17) is 4.43 Å². The molecule has 18 heavy (non-hydrogen) atoms. The molecule has 2 aliphatic rings. The molecule has 3 atom stereocenters. The molecular weight excluding hydrogens is 236 g/mol. The summed E-state index contributed by atoms with van der Waals surface area (Å²) in [5.74, 6) is 2.43. The van der Waals surface area contributed by atoms with Gasteiger partial charge < -0.3 is 4.43 Å². The maximum Gasteiger partial charge on any atom is 0.218 e. The normalized spacial score (nSPS) is 30.0. The standard InChI is InChI=1S/C16H22OSi/c1-18(2,16-6-4-3-5-7-16)17-12-15-11-13-8-9-14(15)10-13/h3-9,13-15H,10-12H2,1-2H3. The Morgan fingerprint density at radius 2 is 1.89 bits per heavy atom. The molecule has 0 spiro atoms. The maximum atomic E-state index is 6.36. The molecule has 1 nitrogen and oxygen atoms in total. The van der Waals surface area contributed by atoms with Crippen molar-refractivity contribution in [1.29, 1.82) is 0 Å². The first kappa shape index (κ1) is 12.2. The zero-order valence-corrected chi connectivity index (χ0v) is 12.3. The second-order valence-electron chi connectivity index (χ2n) is 6.23. The van der Waals surface area contributed by atoms with Gasteiger partial charge in [-0.2, -0.15) is 0 Å². The van der Waals surface area contributed by atoms with E-state index in [0.717, 1.165) is 24.4 Å². The van der Waals surface area contributed by atoms with Crippen molar-refractivity contribution in [3.63, 3.8) is 0 Å². The average molecular weight is 258 g/mol. The summed E-state index contributed by atoms with van der Waals surface area (Å²) in [5, 5.41) is 1.41. The zero-order chi connectivity index (χ0) is 12.6. The predicted octanol–water partition coefficient (Wildman–Crippen LogP) is 3.33. The molecule has 0 radical (unpaired) electrons. The highest BCUT2D eigenvalue weighted by Gasteiger charge is 2.37. The quantitative estimate of drug-likeness (QED) is 0.594. The Morgan fingerprint density at radius 3 is 2.50 bits per heavy atom. The smallest absolute Gasteiger partial charge is 0.218 e. The fourth-order valence-electron chi connectivity index (χ4n) is 3.32. The summed E-state index contributed by atoms with van der Waals surface area (Å²) in [6.45, 7) is 5.58. The molecule has 1 aromatic carbocycles. The highest BCUT2D eigenvalue weighted by atomic mass is 28.4. The summed E-state index contributed by atoms with van der Waals surface area (Å²) in [6, 6.07) is 10.7. The summed E-state index contributed by atoms with van der Waals surface area (Å²) < 4.78 is 6.36. The van der Waals surface area contributed by atoms with Crippen LogP contribution in [0.15, 0.2) is 42.5 Å². The number of rotatable bonds is 4. The van der Waals surface area contributed by atoms with E-state index >= 15 is 0 Å². The Balaban J connectivity index is 1.61. The van der Waals surface area contributed by atoms with Gasteiger partial charge in [-0.05, 0) is 48.9 Å². The Morgan fingerprint density at radius 1 is 1.11 bits per heavy atom. The number of hydrogen-bond acceptors (Lipinski definition) is 1. The van der Waals surface area contributed by atoms with Crippen LogP contribution in [0.25, 0.3) is 0 Å². The van der Waals surface area contributed by atoms with Crippen LogP contribution in [-0.2, 0) is 4.43 Å². The molecule has 0 aromatic heterocycles. The molecule has 0 aliphatic heterocycles. The van der Waals surface area contributed by atoms with Gasteiger partial charge in [0.1, 0.15) is 0 Å². The molecule has 0 saturated heterocycles. The lowest BCUT2D eigenvalue weighted by molar-refractivity contribution is 0.224. The van der Waals surface area contributed by atoms with Crippen molar-refractivity contribution < 1.29 is 4.43 Å². The molecule has 0 heterocycles. The number of benzene rings is 1. The van der Waals surface area contributed by atoms with Gasteiger partial charge in [-0.15, -0.1) is 0 Å². The molecular formula is C16H22OSi. The largest absolute Gasteiger partial charge is 0.413 e. The SMILES string of the molecule is C[Si](C)(OCC1CC2C=CC1C2)c1ccccc1. The molecule has 2 aliphatic carbocycles. The second-order valence-corrected chi connectivity index (χ2v) is 10.1. The summed E-state index contributed by atoms with van der Waals surface area (Å²) in [4.78, 5) is 0. The third-order valence-electron chi connectivity index (χ3n) is 4.54. The second kappa shape index (κ2) is 4.67. The topological polar surface area (TPSA) is 9.23 Å². The molecule has 3 unspecified atom stereocenters. The first-order valence-electron chi connectivity index (χ1n) is 7.03. The van der Waals surface area contributed by atoms with Crippen LogP contribution in [0, 0.1) is 17.8 Å². The highest BCUT2D eigenvalue weighted by Crippen LogP contribution is 2.43. The van der Waals surface area contributed by atoms with Gasteiger partial charge in [-0.1, -0.05) is 42.5 Å². The summed E-state index contributed by atoms with van der Waals surface area (Å²) in [6.07, 6.45) is 7.54. The van der Waals surface area contributed by atoms with Crippen LogP contribution < -0.4 is 5.19 Å². The van der Waals surface area contributed by atoms with Crippen LogP contribution in [0.1, 0.15) is 12.8 Å². The molecule has 0 N–H and O–H groups in total. The minimum atomic E-state index is -1.70. The summed E-state index contributed by atoms with van der Waals surface area (Å²) in [7, 11) is -1.70. The lowest BCUT2D eigenvalue weighted by Gasteiger charge is -2.27. The third-order valence-corrected chi connectivity index (χ3v) is 7.16. The van der Waals surface area contributed by atoms with Gasteiger partial charge >= 0.3 is 0 Å². The van der Waals surface area contributed by atoms with Crippen LogP contribution in [0.3, 0.4) is 0 Å². The monoisotopic (exact) mass is 258 g/mol. The van der Waals surface area contributed by atoms with E-state index in [-0.39, 0.29) is 0 Å². The van der Waals surface area contributed by atoms with E-state index in [1.165, 1.54) is 18.0 Å². The molecule has 1 fully saturated rings. The molecule has 3 rings (SSSR count). The van der Waals surface area contributed by atoms with Crippen molar-refractivity contribution in [2.45, 2.75) is 25.9 Å². The van der Waals surface area contributed by atoms with E-state index in [2.05, 4.69) is 55.6 Å². The fraction of sp³-hybridized carbons (Fsp3) is 0.500. The number of hydrogen-bond donors (Lipinski definition) is 0. The van der Waals surface area contributed by atoms with Crippen LogP contribution >= 0.6 is 0 Å². The summed E-state index contributed by atoms with van der Waals surface area (Å²) in [5.41, 5.74) is 0. The molecule has 0 amide bonds. The minimum Gasteiger partial charge on any atom is -0.413 e. The van der Waals surface area contributed by atoms with Gasteiger partial charge in [-0.3, -0.25) is 0 Å². The zero-order valence-electron chi connectivity index (χ0n) is 11.3. The van der Waals surface area contributed by atoms with Crippen LogP contribution in [0.2, 0.25) is 13.1 Å². The van der Waals surface area contributed by atoms with Crippen molar-refractivity contribution in [3.8, 4) is 0 Å². The van der Waals surface area contributed by atoms with Crippen molar-refractivity contribution >= 4 is 13.5 Å². The van der Waals surface area contributed by atoms with Crippen molar-refractivity contribution in [3.05, 3.63) is 42.5 Å². The lowest BCUT2D eigenvalue weighted by atomic mass is 9.95. The Hall–Kier alpha value is -0.863. The Labute approximate surface area is 111 Å². The van der Waals surface area contributed by atoms with Crippen molar-refractivity contribution in [2.24, 2.45) is 17.8 Å². The Kier molecular flexibility index (Phi) is 3.16. The molecule has 1 aromatic rings. The van der Waals surface area contributed by atoms with Gasteiger partial charge in [0.15, 0.2) is 0 Å². The number of allylic oxidation sites excluding steroid dienone is 2. The molecule has 96 valence electrons. The molecule has 1 saturated carbocycles. The fourth-order valence-corrected chi connectivity index (χ4v) is 5.12. The van der Waals surface area contributed by atoms with Crippen molar-refractivity contribution in [1.82, 2.24) is 0 Å².